The normalized spacial score (nSPS) is 24.8. The van der Waals surface area contributed by atoms with Gasteiger partial charge in [-0.1, -0.05) is 0 Å². The molecule has 3 atom stereocenters. The van der Waals surface area contributed by atoms with Crippen LogP contribution in [0, 0.1) is 0 Å². The molecule has 1 saturated heterocycles. The monoisotopic (exact) mass is 491 g/mol. The fourth-order valence-electron chi connectivity index (χ4n) is 2.44. The van der Waals surface area contributed by atoms with Crippen LogP contribution in [0.15, 0.2) is 0 Å². The molecule has 1 aliphatic rings. The van der Waals surface area contributed by atoms with E-state index in [0.717, 1.165) is 0 Å². The van der Waals surface area contributed by atoms with E-state index in [1.807, 2.05) is 10.9 Å². The number of ether oxygens (including phenoxy) is 2. The average Bonchev–Trinajstić information content (AvgIpc) is 2.79. The van der Waals surface area contributed by atoms with Gasteiger partial charge >= 0.3 is 6.03 Å². The molecule has 0 saturated carbocycles. The number of aliphatic hydroxyl groups excluding tert-OH is 2. The van der Waals surface area contributed by atoms with E-state index in [-0.39, 0.29) is 26.4 Å². The first-order valence-corrected chi connectivity index (χ1v) is 10.1. The van der Waals surface area contributed by atoms with Crippen molar-refractivity contribution >= 4 is 35.6 Å². The van der Waals surface area contributed by atoms with Gasteiger partial charge in [0.15, 0.2) is 0 Å². The number of aliphatic hydroxyl groups is 2. The highest BCUT2D eigenvalue weighted by Crippen LogP contribution is 1.94. The second-order valence-corrected chi connectivity index (χ2v) is 6.81. The summed E-state index contributed by atoms with van der Waals surface area (Å²) in [5, 5.41) is 27.5. The third kappa shape index (κ3) is 10.9. The van der Waals surface area contributed by atoms with E-state index in [0.29, 0.717) is 0 Å². The summed E-state index contributed by atoms with van der Waals surface area (Å²) in [5.41, 5.74) is 8.93. The lowest BCUT2D eigenvalue weighted by atomic mass is 10.2. The fourth-order valence-corrected chi connectivity index (χ4v) is 2.44. The summed E-state index contributed by atoms with van der Waals surface area (Å²) in [5.74, 6) is -4.56. The van der Waals surface area contributed by atoms with Crippen LogP contribution in [-0.2, 0) is 33.4 Å². The van der Waals surface area contributed by atoms with Crippen LogP contribution in [-0.4, -0.2) is 110 Å². The molecule has 1 rings (SSSR count). The molecular weight excluding hydrogens is 462 g/mol. The molecule has 10 N–H and O–H groups in total. The van der Waals surface area contributed by atoms with E-state index in [9.17, 15) is 39.0 Å². The number of rotatable bonds is 4. The molecule has 0 aliphatic carbocycles. The van der Waals surface area contributed by atoms with Crippen molar-refractivity contribution in [1.82, 2.24) is 32.1 Å². The van der Waals surface area contributed by atoms with E-state index >= 15 is 0 Å². The number of hydrogen-bond acceptors (Lipinski definition) is 10. The van der Waals surface area contributed by atoms with Gasteiger partial charge in [0.1, 0.15) is 24.7 Å². The molecule has 0 unspecified atom stereocenters. The molecule has 1 aliphatic heterocycles. The molecule has 0 aromatic heterocycles. The molecule has 1 fully saturated rings. The van der Waals surface area contributed by atoms with Gasteiger partial charge in [-0.3, -0.25) is 34.8 Å². The van der Waals surface area contributed by atoms with Crippen molar-refractivity contribution in [2.45, 2.75) is 24.5 Å². The van der Waals surface area contributed by atoms with Crippen molar-refractivity contribution in [1.29, 1.82) is 0 Å². The van der Waals surface area contributed by atoms with Crippen molar-refractivity contribution in [3.63, 3.8) is 0 Å². The molecule has 17 heteroatoms. The zero-order chi connectivity index (χ0) is 25.5. The number of hydrazine groups is 1. The molecule has 192 valence electrons. The topological polar surface area (TPSA) is 260 Å². The molecule has 34 heavy (non-hydrogen) atoms. The Kier molecular flexibility index (Phi) is 12.8. The number of nitrogens with one attached hydrogen (secondary N) is 6. The molecular formula is C17H29N7O10. The van der Waals surface area contributed by atoms with Crippen LogP contribution in [0.3, 0.4) is 0 Å². The first kappa shape index (κ1) is 28.5. The summed E-state index contributed by atoms with van der Waals surface area (Å²) < 4.78 is 10.3. The number of primary amides is 1. The predicted molar refractivity (Wildman–Crippen MR) is 110 cm³/mol. The van der Waals surface area contributed by atoms with E-state index in [1.54, 1.807) is 0 Å². The average molecular weight is 491 g/mol. The van der Waals surface area contributed by atoms with Gasteiger partial charge in [-0.15, -0.1) is 0 Å². The third-order valence-corrected chi connectivity index (χ3v) is 4.13. The molecule has 17 nitrogen and oxygen atoms in total. The van der Waals surface area contributed by atoms with Gasteiger partial charge in [0.05, 0.1) is 39.5 Å². The van der Waals surface area contributed by atoms with Gasteiger partial charge in [0, 0.05) is 6.54 Å². The first-order valence-electron chi connectivity index (χ1n) is 10.1. The number of amides is 7. The standard InChI is InChI=1S/C17H29N7O10/c18-12(27)5-9-15(30)23-24-16(31)11(7-26)20-13(28)8-34-4-3-33-2-1-19-14(29)10(6-25)22-17(32)21-9/h9-11,25-26H,1-8H2,(H2,18,27)(H,19,29)(H,20,28)(H,23,30)(H,24,31)(H2,21,22,32)/t9-,10+,11-/m0/s1. The number of carbonyl (C=O) groups excluding carboxylic acids is 6. The Morgan fingerprint density at radius 2 is 1.38 bits per heavy atom. The molecule has 0 radical (unpaired) electrons. The Morgan fingerprint density at radius 3 is 2.00 bits per heavy atom. The van der Waals surface area contributed by atoms with E-state index < -0.39 is 79.9 Å². The maximum atomic E-state index is 12.3. The molecule has 0 spiro atoms. The number of carbonyl (C=O) groups is 6. The Hall–Kier alpha value is -3.54. The second-order valence-electron chi connectivity index (χ2n) is 6.81. The Balaban J connectivity index is 2.93. The summed E-state index contributed by atoms with van der Waals surface area (Å²) in [7, 11) is 0. The smallest absolute Gasteiger partial charge is 0.316 e. The maximum Gasteiger partial charge on any atom is 0.316 e. The SMILES string of the molecule is NC(=O)C[C@@H]1NC(=O)N[C@H](CO)C(=O)NCCOCCOCC(=O)N[C@@H](CO)C(=O)NNC1=O. The van der Waals surface area contributed by atoms with Crippen molar-refractivity contribution in [2.75, 3.05) is 46.2 Å². The molecule has 0 aromatic rings. The van der Waals surface area contributed by atoms with Crippen LogP contribution < -0.4 is 37.9 Å². The van der Waals surface area contributed by atoms with Gasteiger partial charge < -0.3 is 46.7 Å². The highest BCUT2D eigenvalue weighted by atomic mass is 16.5. The van der Waals surface area contributed by atoms with Gasteiger partial charge in [-0.05, 0) is 0 Å². The number of nitrogens with two attached hydrogens (primary N) is 1. The van der Waals surface area contributed by atoms with Crippen molar-refractivity contribution in [3.05, 3.63) is 0 Å². The predicted octanol–water partition coefficient (Wildman–Crippen LogP) is -6.32. The summed E-state index contributed by atoms with van der Waals surface area (Å²) in [6.45, 7) is -1.88. The van der Waals surface area contributed by atoms with Crippen LogP contribution in [0.5, 0.6) is 0 Å². The van der Waals surface area contributed by atoms with Crippen LogP contribution in [0.4, 0.5) is 4.79 Å². The highest BCUT2D eigenvalue weighted by Gasteiger charge is 2.27. The molecule has 1 heterocycles. The van der Waals surface area contributed by atoms with Crippen molar-refractivity contribution in [3.8, 4) is 0 Å². The molecule has 0 bridgehead atoms. The fraction of sp³-hybridized carbons (Fsp3) is 0.647. The second kappa shape index (κ2) is 15.3. The minimum atomic E-state index is -1.58. The van der Waals surface area contributed by atoms with Crippen molar-refractivity contribution in [2.24, 2.45) is 5.73 Å². The van der Waals surface area contributed by atoms with E-state index in [2.05, 4.69) is 21.3 Å². The minimum absolute atomic E-state index is 0.00958. The number of urea groups is 1. The van der Waals surface area contributed by atoms with Crippen LogP contribution in [0.1, 0.15) is 6.42 Å². The van der Waals surface area contributed by atoms with Gasteiger partial charge in [0.2, 0.25) is 17.7 Å². The van der Waals surface area contributed by atoms with Gasteiger partial charge in [-0.2, -0.15) is 0 Å². The van der Waals surface area contributed by atoms with Crippen LogP contribution in [0.2, 0.25) is 0 Å². The first-order chi connectivity index (χ1) is 16.2. The largest absolute Gasteiger partial charge is 0.394 e. The number of hydrogen-bond donors (Lipinski definition) is 9. The Morgan fingerprint density at radius 1 is 0.824 bits per heavy atom. The summed E-state index contributed by atoms with van der Waals surface area (Å²) in [4.78, 5) is 71.9. The van der Waals surface area contributed by atoms with E-state index in [1.165, 1.54) is 0 Å². The zero-order valence-electron chi connectivity index (χ0n) is 18.1. The lowest BCUT2D eigenvalue weighted by Gasteiger charge is -2.21. The highest BCUT2D eigenvalue weighted by molar-refractivity contribution is 5.94. The zero-order valence-corrected chi connectivity index (χ0v) is 18.1. The quantitative estimate of drug-likeness (QED) is 0.180. The lowest BCUT2D eigenvalue weighted by molar-refractivity contribution is -0.135. The van der Waals surface area contributed by atoms with E-state index in [4.69, 9.17) is 15.2 Å². The summed E-state index contributed by atoms with van der Waals surface area (Å²) in [6, 6.07) is -5.52. The van der Waals surface area contributed by atoms with Crippen molar-refractivity contribution < 1.29 is 48.5 Å². The third-order valence-electron chi connectivity index (χ3n) is 4.13. The molecule has 0 aromatic carbocycles. The maximum absolute atomic E-state index is 12.3. The molecule has 7 amide bonds. The lowest BCUT2D eigenvalue weighted by Crippen LogP contribution is -2.60. The summed E-state index contributed by atoms with van der Waals surface area (Å²) >= 11 is 0. The van der Waals surface area contributed by atoms with Gasteiger partial charge in [-0.25, -0.2) is 4.79 Å². The Labute approximate surface area is 193 Å². The van der Waals surface area contributed by atoms with Crippen LogP contribution >= 0.6 is 0 Å². The van der Waals surface area contributed by atoms with Crippen LogP contribution in [0.25, 0.3) is 0 Å². The Bertz CT molecular complexity index is 750. The van der Waals surface area contributed by atoms with Gasteiger partial charge in [0.25, 0.3) is 11.8 Å². The summed E-state index contributed by atoms with van der Waals surface area (Å²) in [6.07, 6.45) is -0.681. The minimum Gasteiger partial charge on any atom is -0.394 e.